The Labute approximate surface area is 73.9 Å². The standard InChI is InChI=1S/C3H10N2O6P2/c4-3(5,12(6,7)8)13(9)10-1-2-11-13/h1-2,4-5H2,(H2,6,7,8). The van der Waals surface area contributed by atoms with Gasteiger partial charge in [-0.2, -0.15) is 0 Å². The quantitative estimate of drug-likeness (QED) is 0.348. The fourth-order valence-corrected chi connectivity index (χ4v) is 3.46. The van der Waals surface area contributed by atoms with Crippen molar-refractivity contribution in [3.05, 3.63) is 0 Å². The van der Waals surface area contributed by atoms with Gasteiger partial charge in [0, 0.05) is 0 Å². The molecule has 1 aliphatic rings. The average molecular weight is 232 g/mol. The van der Waals surface area contributed by atoms with Crippen LogP contribution in [0, 0.1) is 0 Å². The van der Waals surface area contributed by atoms with Gasteiger partial charge in [0.05, 0.1) is 13.2 Å². The highest BCUT2D eigenvalue weighted by Crippen LogP contribution is 2.69. The molecule has 0 aromatic rings. The third-order valence-electron chi connectivity index (χ3n) is 1.51. The van der Waals surface area contributed by atoms with Crippen LogP contribution < -0.4 is 11.5 Å². The first kappa shape index (κ1) is 11.3. The van der Waals surface area contributed by atoms with Gasteiger partial charge >= 0.3 is 15.2 Å². The van der Waals surface area contributed by atoms with Crippen LogP contribution in [0.5, 0.6) is 0 Å². The smallest absolute Gasteiger partial charge is 0.322 e. The Morgan fingerprint density at radius 1 is 1.31 bits per heavy atom. The van der Waals surface area contributed by atoms with Crippen LogP contribution >= 0.6 is 15.2 Å². The predicted molar refractivity (Wildman–Crippen MR) is 42.7 cm³/mol. The zero-order valence-corrected chi connectivity index (χ0v) is 8.28. The Hall–Kier alpha value is 0.220. The van der Waals surface area contributed by atoms with E-state index >= 15 is 0 Å². The molecule has 0 amide bonds. The third kappa shape index (κ3) is 1.72. The molecule has 1 aliphatic heterocycles. The van der Waals surface area contributed by atoms with Gasteiger partial charge in [0.2, 0.25) is 0 Å². The van der Waals surface area contributed by atoms with Gasteiger partial charge in [-0.3, -0.25) is 20.6 Å². The summed E-state index contributed by atoms with van der Waals surface area (Å²) in [5.74, 6) is 0. The molecule has 0 saturated carbocycles. The SMILES string of the molecule is NC(N)(P(=O)(O)O)P1(=O)OCCO1. The van der Waals surface area contributed by atoms with Crippen LogP contribution in [-0.4, -0.2) is 28.1 Å². The summed E-state index contributed by atoms with van der Waals surface area (Å²) in [5, 5.41) is -2.77. The van der Waals surface area contributed by atoms with Crippen molar-refractivity contribution < 1.29 is 28.0 Å². The molecule has 13 heavy (non-hydrogen) atoms. The van der Waals surface area contributed by atoms with Gasteiger partial charge in [-0.15, -0.1) is 0 Å². The third-order valence-corrected chi connectivity index (χ3v) is 5.88. The molecular formula is C3H10N2O6P2. The lowest BCUT2D eigenvalue weighted by Crippen LogP contribution is -2.48. The molecule has 78 valence electrons. The van der Waals surface area contributed by atoms with Crippen LogP contribution in [0.25, 0.3) is 0 Å². The molecule has 6 N–H and O–H groups in total. The number of hydrogen-bond donors (Lipinski definition) is 4. The van der Waals surface area contributed by atoms with Crippen LogP contribution in [0.4, 0.5) is 0 Å². The molecule has 1 saturated heterocycles. The first-order valence-electron chi connectivity index (χ1n) is 3.23. The molecule has 10 heteroatoms. The summed E-state index contributed by atoms with van der Waals surface area (Å²) < 4.78 is 31.3. The summed E-state index contributed by atoms with van der Waals surface area (Å²) in [6, 6.07) is 0. The molecule has 0 atom stereocenters. The fourth-order valence-electron chi connectivity index (χ4n) is 0.719. The second-order valence-electron chi connectivity index (χ2n) is 2.49. The molecule has 1 heterocycles. The summed E-state index contributed by atoms with van der Waals surface area (Å²) in [6.07, 6.45) is 0. The van der Waals surface area contributed by atoms with Crippen molar-refractivity contribution in [2.24, 2.45) is 11.5 Å². The van der Waals surface area contributed by atoms with Gasteiger partial charge in [0.15, 0.2) is 0 Å². The Balaban J connectivity index is 3.05. The van der Waals surface area contributed by atoms with E-state index < -0.39 is 20.3 Å². The van der Waals surface area contributed by atoms with Crippen molar-refractivity contribution in [2.45, 2.75) is 5.15 Å². The van der Waals surface area contributed by atoms with E-state index in [-0.39, 0.29) is 13.2 Å². The van der Waals surface area contributed by atoms with E-state index in [1.165, 1.54) is 0 Å². The maximum Gasteiger partial charge on any atom is 0.377 e. The minimum atomic E-state index is -4.94. The van der Waals surface area contributed by atoms with Crippen LogP contribution in [0.15, 0.2) is 0 Å². The van der Waals surface area contributed by atoms with Crippen LogP contribution in [0.1, 0.15) is 0 Å². The van der Waals surface area contributed by atoms with Crippen LogP contribution in [0.3, 0.4) is 0 Å². The topological polar surface area (TPSA) is 145 Å². The lowest BCUT2D eigenvalue weighted by atomic mass is 10.8. The Morgan fingerprint density at radius 3 is 2.00 bits per heavy atom. The molecule has 0 spiro atoms. The molecule has 0 aromatic heterocycles. The fraction of sp³-hybridized carbons (Fsp3) is 1.00. The van der Waals surface area contributed by atoms with E-state index in [0.717, 1.165) is 0 Å². The monoisotopic (exact) mass is 232 g/mol. The van der Waals surface area contributed by atoms with Crippen molar-refractivity contribution in [1.82, 2.24) is 0 Å². The summed E-state index contributed by atoms with van der Waals surface area (Å²) in [6.45, 7) is -0.0964. The highest BCUT2D eigenvalue weighted by atomic mass is 31.2. The first-order chi connectivity index (χ1) is 5.71. The molecule has 1 rings (SSSR count). The maximum atomic E-state index is 11.5. The Morgan fingerprint density at radius 2 is 1.69 bits per heavy atom. The van der Waals surface area contributed by atoms with E-state index in [4.69, 9.17) is 21.3 Å². The van der Waals surface area contributed by atoms with E-state index in [2.05, 4.69) is 9.05 Å². The van der Waals surface area contributed by atoms with Crippen molar-refractivity contribution in [2.75, 3.05) is 13.2 Å². The van der Waals surface area contributed by atoms with Gasteiger partial charge in [-0.05, 0) is 0 Å². The number of rotatable bonds is 2. The largest absolute Gasteiger partial charge is 0.377 e. The minimum Gasteiger partial charge on any atom is -0.322 e. The lowest BCUT2D eigenvalue weighted by molar-refractivity contribution is 0.301. The van der Waals surface area contributed by atoms with Gasteiger partial charge in [0.25, 0.3) is 5.15 Å². The molecular weight excluding hydrogens is 222 g/mol. The Bertz CT molecular complexity index is 286. The summed E-state index contributed by atoms with van der Waals surface area (Å²) in [4.78, 5) is 17.4. The van der Waals surface area contributed by atoms with E-state index in [1.54, 1.807) is 0 Å². The molecule has 1 fully saturated rings. The average Bonchev–Trinajstić information content (AvgIpc) is 2.35. The molecule has 8 nitrogen and oxygen atoms in total. The second-order valence-corrected chi connectivity index (χ2v) is 6.92. The molecule has 0 bridgehead atoms. The highest BCUT2D eigenvalue weighted by Gasteiger charge is 2.59. The van der Waals surface area contributed by atoms with Crippen LogP contribution in [-0.2, 0) is 18.2 Å². The zero-order chi connectivity index (χ0) is 10.3. The first-order valence-corrected chi connectivity index (χ1v) is 6.39. The molecule has 0 aromatic carbocycles. The van der Waals surface area contributed by atoms with E-state index in [1.807, 2.05) is 0 Å². The normalized spacial score (nSPS) is 23.4. The molecule has 0 unspecified atom stereocenters. The van der Waals surface area contributed by atoms with Gasteiger partial charge < -0.3 is 18.8 Å². The van der Waals surface area contributed by atoms with Gasteiger partial charge in [-0.1, -0.05) is 0 Å². The minimum absolute atomic E-state index is 0.0482. The van der Waals surface area contributed by atoms with Gasteiger partial charge in [-0.25, -0.2) is 0 Å². The summed E-state index contributed by atoms with van der Waals surface area (Å²) >= 11 is 0. The number of hydrogen-bond acceptors (Lipinski definition) is 6. The Kier molecular flexibility index (Phi) is 2.71. The van der Waals surface area contributed by atoms with Crippen molar-refractivity contribution >= 4 is 15.2 Å². The van der Waals surface area contributed by atoms with Crippen molar-refractivity contribution in [3.63, 3.8) is 0 Å². The summed E-state index contributed by atoms with van der Waals surface area (Å²) in [7, 11) is -9.04. The second kappa shape index (κ2) is 3.12. The van der Waals surface area contributed by atoms with E-state index in [0.29, 0.717) is 0 Å². The van der Waals surface area contributed by atoms with Gasteiger partial charge in [0.1, 0.15) is 0 Å². The van der Waals surface area contributed by atoms with Crippen molar-refractivity contribution in [3.8, 4) is 0 Å². The zero-order valence-electron chi connectivity index (χ0n) is 6.49. The highest BCUT2D eigenvalue weighted by molar-refractivity contribution is 7.73. The van der Waals surface area contributed by atoms with Crippen molar-refractivity contribution in [1.29, 1.82) is 0 Å². The van der Waals surface area contributed by atoms with Crippen LogP contribution in [0.2, 0.25) is 0 Å². The van der Waals surface area contributed by atoms with E-state index in [9.17, 15) is 9.13 Å². The molecule has 0 radical (unpaired) electrons. The maximum absolute atomic E-state index is 11.5. The predicted octanol–water partition coefficient (Wildman–Crippen LogP) is -1.07. The summed E-state index contributed by atoms with van der Waals surface area (Å²) in [5.41, 5.74) is 10.1. The molecule has 0 aliphatic carbocycles. The lowest BCUT2D eigenvalue weighted by Gasteiger charge is -2.28. The number of nitrogens with two attached hydrogens (primary N) is 2.